The summed E-state index contributed by atoms with van der Waals surface area (Å²) in [5.74, 6) is 2.88. The van der Waals surface area contributed by atoms with Crippen molar-refractivity contribution in [2.45, 2.75) is 78.4 Å². The van der Waals surface area contributed by atoms with Crippen LogP contribution in [0.3, 0.4) is 0 Å². The van der Waals surface area contributed by atoms with Crippen LogP contribution < -0.4 is 0 Å². The minimum Gasteiger partial charge on any atom is -0.176 e. The van der Waals surface area contributed by atoms with Crippen LogP contribution in [0.1, 0.15) is 73.1 Å². The van der Waals surface area contributed by atoms with Crippen molar-refractivity contribution in [3.8, 4) is 0 Å². The molecule has 0 bridgehead atoms. The molecule has 1 saturated carbocycles. The van der Waals surface area contributed by atoms with Gasteiger partial charge in [0.25, 0.3) is 0 Å². The first-order valence-electron chi connectivity index (χ1n) is 7.09. The fraction of sp³-hybridized carbons (Fsp3) is 1.00. The Hall–Kier alpha value is 0.350. The molecule has 0 spiro atoms. The summed E-state index contributed by atoms with van der Waals surface area (Å²) in [6, 6.07) is 0. The summed E-state index contributed by atoms with van der Waals surface area (Å²) >= 11 is 4.27. The van der Waals surface area contributed by atoms with Gasteiger partial charge in [-0.3, -0.25) is 0 Å². The van der Waals surface area contributed by atoms with E-state index in [0.29, 0.717) is 5.25 Å². The summed E-state index contributed by atoms with van der Waals surface area (Å²) in [6.07, 6.45) is 8.45. The lowest BCUT2D eigenvalue weighted by atomic mass is 9.84. The average molecular weight is 244 g/mol. The number of rotatable bonds is 3. The molecule has 1 rings (SSSR count). The van der Waals surface area contributed by atoms with Gasteiger partial charge in [-0.1, -0.05) is 60.3 Å². The van der Waals surface area contributed by atoms with Crippen LogP contribution in [0, 0.1) is 17.8 Å². The topological polar surface area (TPSA) is 0 Å². The molecule has 0 aromatic rings. The minimum absolute atomic E-state index is 0.581. The molecular weight excluding hydrogens is 212 g/mol. The Morgan fingerprint density at radius 1 is 0.875 bits per heavy atom. The first-order chi connectivity index (χ1) is 7.41. The lowest BCUT2D eigenvalue weighted by Crippen LogP contribution is -2.08. The second-order valence-electron chi connectivity index (χ2n) is 6.19. The van der Waals surface area contributed by atoms with Crippen molar-refractivity contribution in [1.29, 1.82) is 0 Å². The number of hydrogen-bond donors (Lipinski definition) is 1. The summed E-state index contributed by atoms with van der Waals surface area (Å²) in [7, 11) is 0. The minimum atomic E-state index is 0.581. The van der Waals surface area contributed by atoms with E-state index in [2.05, 4.69) is 47.2 Å². The Labute approximate surface area is 109 Å². The Morgan fingerprint density at radius 3 is 1.44 bits per heavy atom. The van der Waals surface area contributed by atoms with Crippen LogP contribution in [-0.4, -0.2) is 5.25 Å². The molecular formula is C15H32S. The van der Waals surface area contributed by atoms with Crippen LogP contribution in [0.2, 0.25) is 0 Å². The molecule has 0 aliphatic heterocycles. The standard InChI is InChI=1S/C8H16.C7H16S/c1-7-3-5-8(2)6-4-7;1-6(2)4-5-7(3)8/h7-8H,3-6H2,1-2H3;6-8H,4-5H2,1-3H3. The molecule has 1 aliphatic rings. The number of thiol groups is 1. The Balaban J connectivity index is 0.000000281. The summed E-state index contributed by atoms with van der Waals surface area (Å²) < 4.78 is 0. The van der Waals surface area contributed by atoms with Crippen molar-refractivity contribution in [1.82, 2.24) is 0 Å². The van der Waals surface area contributed by atoms with E-state index >= 15 is 0 Å². The van der Waals surface area contributed by atoms with E-state index in [4.69, 9.17) is 0 Å². The van der Waals surface area contributed by atoms with Crippen molar-refractivity contribution in [3.63, 3.8) is 0 Å². The van der Waals surface area contributed by atoms with Gasteiger partial charge in [-0.2, -0.15) is 12.6 Å². The normalized spacial score (nSPS) is 27.2. The fourth-order valence-electron chi connectivity index (χ4n) is 2.00. The third kappa shape index (κ3) is 10.9. The van der Waals surface area contributed by atoms with Crippen molar-refractivity contribution in [2.75, 3.05) is 0 Å². The Morgan fingerprint density at radius 2 is 1.25 bits per heavy atom. The molecule has 0 aromatic heterocycles. The van der Waals surface area contributed by atoms with E-state index in [1.54, 1.807) is 0 Å². The molecule has 0 saturated heterocycles. The maximum absolute atomic E-state index is 4.27. The van der Waals surface area contributed by atoms with Crippen LogP contribution >= 0.6 is 12.6 Å². The average Bonchev–Trinajstić information content (AvgIpc) is 2.20. The smallest absolute Gasteiger partial charge is 0.00115 e. The molecule has 0 aromatic carbocycles. The van der Waals surface area contributed by atoms with Gasteiger partial charge < -0.3 is 0 Å². The van der Waals surface area contributed by atoms with E-state index in [0.717, 1.165) is 17.8 Å². The van der Waals surface area contributed by atoms with E-state index in [9.17, 15) is 0 Å². The molecule has 0 amide bonds. The zero-order valence-electron chi connectivity index (χ0n) is 12.0. The van der Waals surface area contributed by atoms with E-state index in [-0.39, 0.29) is 0 Å². The summed E-state index contributed by atoms with van der Waals surface area (Å²) in [4.78, 5) is 0. The van der Waals surface area contributed by atoms with Gasteiger partial charge in [0.2, 0.25) is 0 Å². The van der Waals surface area contributed by atoms with Crippen LogP contribution in [0.4, 0.5) is 0 Å². The van der Waals surface area contributed by atoms with Crippen LogP contribution in [0.5, 0.6) is 0 Å². The summed E-state index contributed by atoms with van der Waals surface area (Å²) in [6.45, 7) is 11.4. The molecule has 98 valence electrons. The Bertz CT molecular complexity index is 126. The third-order valence-electron chi connectivity index (χ3n) is 3.47. The van der Waals surface area contributed by atoms with E-state index in [1.807, 2.05) is 0 Å². The van der Waals surface area contributed by atoms with Crippen molar-refractivity contribution < 1.29 is 0 Å². The van der Waals surface area contributed by atoms with E-state index in [1.165, 1.54) is 38.5 Å². The lowest BCUT2D eigenvalue weighted by molar-refractivity contribution is 0.308. The predicted octanol–water partition coefficient (Wildman–Crippen LogP) is 5.57. The van der Waals surface area contributed by atoms with Crippen molar-refractivity contribution in [2.24, 2.45) is 17.8 Å². The van der Waals surface area contributed by atoms with Crippen molar-refractivity contribution in [3.05, 3.63) is 0 Å². The fourth-order valence-corrected chi connectivity index (χ4v) is 2.15. The molecule has 0 heterocycles. The SMILES string of the molecule is CC(C)CCC(C)S.CC1CCC(C)CC1. The maximum atomic E-state index is 4.27. The second kappa shape index (κ2) is 9.39. The predicted molar refractivity (Wildman–Crippen MR) is 79.3 cm³/mol. The molecule has 16 heavy (non-hydrogen) atoms. The molecule has 1 aliphatic carbocycles. The van der Waals surface area contributed by atoms with Gasteiger partial charge in [-0.05, 0) is 35.8 Å². The van der Waals surface area contributed by atoms with Gasteiger partial charge in [0.05, 0.1) is 0 Å². The van der Waals surface area contributed by atoms with Crippen LogP contribution in [0.25, 0.3) is 0 Å². The third-order valence-corrected chi connectivity index (χ3v) is 3.72. The highest BCUT2D eigenvalue weighted by molar-refractivity contribution is 7.80. The highest BCUT2D eigenvalue weighted by Crippen LogP contribution is 2.27. The Kier molecular flexibility index (Phi) is 9.59. The maximum Gasteiger partial charge on any atom is -0.00115 e. The molecule has 0 nitrogen and oxygen atoms in total. The number of hydrogen-bond acceptors (Lipinski definition) is 1. The molecule has 0 N–H and O–H groups in total. The molecule has 0 radical (unpaired) electrons. The van der Waals surface area contributed by atoms with Crippen LogP contribution in [0.15, 0.2) is 0 Å². The first-order valence-corrected chi connectivity index (χ1v) is 7.61. The summed E-state index contributed by atoms with van der Waals surface area (Å²) in [5, 5.41) is 0.581. The van der Waals surface area contributed by atoms with Gasteiger partial charge >= 0.3 is 0 Å². The molecule has 1 fully saturated rings. The van der Waals surface area contributed by atoms with Crippen LogP contribution in [-0.2, 0) is 0 Å². The van der Waals surface area contributed by atoms with Gasteiger partial charge in [-0.15, -0.1) is 0 Å². The highest BCUT2D eigenvalue weighted by atomic mass is 32.1. The van der Waals surface area contributed by atoms with Gasteiger partial charge in [-0.25, -0.2) is 0 Å². The highest BCUT2D eigenvalue weighted by Gasteiger charge is 2.13. The van der Waals surface area contributed by atoms with Gasteiger partial charge in [0.1, 0.15) is 0 Å². The first kappa shape index (κ1) is 16.4. The molecule has 1 atom stereocenters. The largest absolute Gasteiger partial charge is 0.176 e. The summed E-state index contributed by atoms with van der Waals surface area (Å²) in [5.41, 5.74) is 0. The second-order valence-corrected chi connectivity index (χ2v) is 7.07. The zero-order valence-corrected chi connectivity index (χ0v) is 12.9. The van der Waals surface area contributed by atoms with Gasteiger partial charge in [0.15, 0.2) is 0 Å². The quantitative estimate of drug-likeness (QED) is 0.616. The van der Waals surface area contributed by atoms with Crippen molar-refractivity contribution >= 4 is 12.6 Å². The molecule has 1 unspecified atom stereocenters. The lowest BCUT2D eigenvalue weighted by Gasteiger charge is -2.22. The van der Waals surface area contributed by atoms with Gasteiger partial charge in [0, 0.05) is 0 Å². The molecule has 1 heteroatoms. The van der Waals surface area contributed by atoms with E-state index < -0.39 is 0 Å². The zero-order chi connectivity index (χ0) is 12.6. The monoisotopic (exact) mass is 244 g/mol.